The fourth-order valence-corrected chi connectivity index (χ4v) is 3.31. The molecular formula is C11H16N2O4S. The standard InChI is InChI=1S/C11H16N2O4S/c1-3-13(4-2)18(16,17)10-7-8(12)5-6-9(10)11(14)15/h5-7H,3-4,12H2,1-2H3,(H,14,15). The average molecular weight is 272 g/mol. The smallest absolute Gasteiger partial charge is 0.337 e. The molecule has 1 aromatic rings. The first-order valence-electron chi connectivity index (χ1n) is 5.47. The van der Waals surface area contributed by atoms with Crippen molar-refractivity contribution in [2.75, 3.05) is 18.8 Å². The molecule has 3 N–H and O–H groups in total. The molecule has 0 saturated carbocycles. The summed E-state index contributed by atoms with van der Waals surface area (Å²) in [5.74, 6) is -1.29. The van der Waals surface area contributed by atoms with Crippen LogP contribution >= 0.6 is 0 Å². The van der Waals surface area contributed by atoms with Crippen LogP contribution in [-0.2, 0) is 10.0 Å². The Morgan fingerprint density at radius 2 is 1.89 bits per heavy atom. The molecule has 0 aliphatic carbocycles. The van der Waals surface area contributed by atoms with Crippen molar-refractivity contribution in [1.82, 2.24) is 4.31 Å². The molecule has 0 heterocycles. The van der Waals surface area contributed by atoms with Crippen LogP contribution in [0.1, 0.15) is 24.2 Å². The lowest BCUT2D eigenvalue weighted by molar-refractivity contribution is 0.0692. The van der Waals surface area contributed by atoms with Gasteiger partial charge in [-0.25, -0.2) is 13.2 Å². The lowest BCUT2D eigenvalue weighted by atomic mass is 10.2. The van der Waals surface area contributed by atoms with Gasteiger partial charge in [0, 0.05) is 18.8 Å². The van der Waals surface area contributed by atoms with Crippen LogP contribution in [0.2, 0.25) is 0 Å². The van der Waals surface area contributed by atoms with Crippen LogP contribution in [0.4, 0.5) is 5.69 Å². The molecule has 100 valence electrons. The number of rotatable bonds is 5. The van der Waals surface area contributed by atoms with Gasteiger partial charge in [-0.2, -0.15) is 4.31 Å². The highest BCUT2D eigenvalue weighted by atomic mass is 32.2. The van der Waals surface area contributed by atoms with Crippen molar-refractivity contribution >= 4 is 21.7 Å². The van der Waals surface area contributed by atoms with Crippen molar-refractivity contribution in [2.24, 2.45) is 0 Å². The van der Waals surface area contributed by atoms with Gasteiger partial charge in [-0.3, -0.25) is 0 Å². The summed E-state index contributed by atoms with van der Waals surface area (Å²) in [5.41, 5.74) is 5.48. The second kappa shape index (κ2) is 5.36. The molecule has 0 aromatic heterocycles. The zero-order valence-electron chi connectivity index (χ0n) is 10.3. The first-order valence-corrected chi connectivity index (χ1v) is 6.91. The van der Waals surface area contributed by atoms with E-state index >= 15 is 0 Å². The lowest BCUT2D eigenvalue weighted by Crippen LogP contribution is -2.31. The van der Waals surface area contributed by atoms with E-state index < -0.39 is 16.0 Å². The second-order valence-corrected chi connectivity index (χ2v) is 5.56. The van der Waals surface area contributed by atoms with E-state index in [1.807, 2.05) is 0 Å². The molecule has 7 heteroatoms. The minimum Gasteiger partial charge on any atom is -0.478 e. The Bertz CT molecular complexity index is 550. The number of nitrogens with two attached hydrogens (primary N) is 1. The molecule has 0 spiro atoms. The van der Waals surface area contributed by atoms with Crippen molar-refractivity contribution in [1.29, 1.82) is 0 Å². The quantitative estimate of drug-likeness (QED) is 0.779. The molecule has 1 aromatic carbocycles. The first kappa shape index (κ1) is 14.5. The number of benzene rings is 1. The minimum absolute atomic E-state index is 0.214. The van der Waals surface area contributed by atoms with Crippen LogP contribution in [0.15, 0.2) is 23.1 Å². The average Bonchev–Trinajstić information content (AvgIpc) is 2.29. The molecule has 0 aliphatic heterocycles. The van der Waals surface area contributed by atoms with Crippen LogP contribution in [-0.4, -0.2) is 36.9 Å². The third-order valence-electron chi connectivity index (χ3n) is 2.56. The minimum atomic E-state index is -3.83. The van der Waals surface area contributed by atoms with E-state index in [1.54, 1.807) is 13.8 Å². The summed E-state index contributed by atoms with van der Waals surface area (Å²) in [6.45, 7) is 3.92. The van der Waals surface area contributed by atoms with Gasteiger partial charge in [0.1, 0.15) is 0 Å². The van der Waals surface area contributed by atoms with Gasteiger partial charge in [0.05, 0.1) is 10.5 Å². The van der Waals surface area contributed by atoms with E-state index in [2.05, 4.69) is 0 Å². The number of sulfonamides is 1. The van der Waals surface area contributed by atoms with Crippen LogP contribution in [0.25, 0.3) is 0 Å². The van der Waals surface area contributed by atoms with Gasteiger partial charge in [-0.15, -0.1) is 0 Å². The third-order valence-corrected chi connectivity index (χ3v) is 4.65. The van der Waals surface area contributed by atoms with Crippen molar-refractivity contribution in [2.45, 2.75) is 18.7 Å². The molecule has 0 unspecified atom stereocenters. The SMILES string of the molecule is CCN(CC)S(=O)(=O)c1cc(N)ccc1C(=O)O. The monoisotopic (exact) mass is 272 g/mol. The van der Waals surface area contributed by atoms with E-state index in [-0.39, 0.29) is 29.2 Å². The summed E-state index contributed by atoms with van der Waals surface area (Å²) in [4.78, 5) is 10.8. The van der Waals surface area contributed by atoms with E-state index in [0.29, 0.717) is 0 Å². The summed E-state index contributed by atoms with van der Waals surface area (Å²) in [6.07, 6.45) is 0. The largest absolute Gasteiger partial charge is 0.478 e. The molecule has 6 nitrogen and oxygen atoms in total. The maximum Gasteiger partial charge on any atom is 0.337 e. The van der Waals surface area contributed by atoms with E-state index in [9.17, 15) is 13.2 Å². The van der Waals surface area contributed by atoms with Gasteiger partial charge in [0.15, 0.2) is 0 Å². The maximum atomic E-state index is 12.3. The number of aromatic carboxylic acids is 1. The predicted octanol–water partition coefficient (Wildman–Crippen LogP) is 0.997. The van der Waals surface area contributed by atoms with Crippen molar-refractivity contribution < 1.29 is 18.3 Å². The molecule has 0 amide bonds. The van der Waals surface area contributed by atoms with E-state index in [1.165, 1.54) is 22.5 Å². The zero-order chi connectivity index (χ0) is 13.9. The Kier molecular flexibility index (Phi) is 4.31. The molecule has 0 aliphatic rings. The van der Waals surface area contributed by atoms with Gasteiger partial charge in [0.25, 0.3) is 0 Å². The molecule has 1 rings (SSSR count). The molecule has 0 bridgehead atoms. The first-order chi connectivity index (χ1) is 8.34. The lowest BCUT2D eigenvalue weighted by Gasteiger charge is -2.19. The van der Waals surface area contributed by atoms with Crippen LogP contribution in [0.3, 0.4) is 0 Å². The van der Waals surface area contributed by atoms with Gasteiger partial charge in [0.2, 0.25) is 10.0 Å². The Labute approximate surface area is 106 Å². The Balaban J connectivity index is 3.48. The summed E-state index contributed by atoms with van der Waals surface area (Å²) in [5, 5.41) is 9.02. The second-order valence-electron chi connectivity index (χ2n) is 3.65. The number of carbonyl (C=O) groups is 1. The van der Waals surface area contributed by atoms with Crippen LogP contribution in [0.5, 0.6) is 0 Å². The summed E-state index contributed by atoms with van der Waals surface area (Å²) in [7, 11) is -3.83. The number of hydrogen-bond donors (Lipinski definition) is 2. The molecule has 18 heavy (non-hydrogen) atoms. The highest BCUT2D eigenvalue weighted by Gasteiger charge is 2.27. The Morgan fingerprint density at radius 1 is 1.33 bits per heavy atom. The number of carboxylic acids is 1. The Hall–Kier alpha value is -1.60. The van der Waals surface area contributed by atoms with E-state index in [0.717, 1.165) is 0 Å². The fraction of sp³-hybridized carbons (Fsp3) is 0.364. The van der Waals surface area contributed by atoms with Crippen LogP contribution < -0.4 is 5.73 Å². The molecular weight excluding hydrogens is 256 g/mol. The zero-order valence-corrected chi connectivity index (χ0v) is 11.1. The van der Waals surface area contributed by atoms with Crippen molar-refractivity contribution in [3.05, 3.63) is 23.8 Å². The topological polar surface area (TPSA) is 101 Å². The highest BCUT2D eigenvalue weighted by Crippen LogP contribution is 2.22. The van der Waals surface area contributed by atoms with Gasteiger partial charge < -0.3 is 10.8 Å². The summed E-state index contributed by atoms with van der Waals surface area (Å²) in [6, 6.07) is 3.75. The van der Waals surface area contributed by atoms with Crippen molar-refractivity contribution in [3.63, 3.8) is 0 Å². The molecule has 0 radical (unpaired) electrons. The van der Waals surface area contributed by atoms with Gasteiger partial charge in [-0.1, -0.05) is 13.8 Å². The molecule has 0 saturated heterocycles. The normalized spacial score (nSPS) is 11.7. The highest BCUT2D eigenvalue weighted by molar-refractivity contribution is 7.89. The molecule has 0 atom stereocenters. The van der Waals surface area contributed by atoms with Crippen LogP contribution in [0, 0.1) is 0 Å². The van der Waals surface area contributed by atoms with E-state index in [4.69, 9.17) is 10.8 Å². The molecule has 0 fully saturated rings. The predicted molar refractivity (Wildman–Crippen MR) is 67.9 cm³/mol. The summed E-state index contributed by atoms with van der Waals surface area (Å²) < 4.78 is 25.7. The number of hydrogen-bond acceptors (Lipinski definition) is 4. The number of nitrogens with zero attached hydrogens (tertiary/aromatic N) is 1. The third kappa shape index (κ3) is 2.62. The number of carboxylic acid groups (broad SMARTS) is 1. The maximum absolute atomic E-state index is 12.3. The fourth-order valence-electron chi connectivity index (χ4n) is 1.63. The van der Waals surface area contributed by atoms with Crippen molar-refractivity contribution in [3.8, 4) is 0 Å². The number of nitrogen functional groups attached to an aromatic ring is 1. The Morgan fingerprint density at radius 3 is 2.33 bits per heavy atom. The summed E-state index contributed by atoms with van der Waals surface area (Å²) >= 11 is 0. The number of anilines is 1. The van der Waals surface area contributed by atoms with Gasteiger partial charge >= 0.3 is 5.97 Å². The van der Waals surface area contributed by atoms with Gasteiger partial charge in [-0.05, 0) is 18.2 Å².